The van der Waals surface area contributed by atoms with Gasteiger partial charge in [0.25, 0.3) is 5.91 Å². The first-order valence-electron chi connectivity index (χ1n) is 10.5. The maximum absolute atomic E-state index is 13.8. The second-order valence-corrected chi connectivity index (χ2v) is 7.69. The Morgan fingerprint density at radius 2 is 1.91 bits per heavy atom. The van der Waals surface area contributed by atoms with E-state index in [0.29, 0.717) is 51.4 Å². The van der Waals surface area contributed by atoms with Gasteiger partial charge in [-0.3, -0.25) is 4.79 Å². The van der Waals surface area contributed by atoms with Crippen molar-refractivity contribution in [2.45, 2.75) is 27.3 Å². The minimum Gasteiger partial charge on any atom is -0.497 e. The second kappa shape index (κ2) is 9.34. The molecule has 10 heteroatoms. The minimum absolute atomic E-state index is 0.138. The molecule has 0 bridgehead atoms. The molecule has 176 valence electrons. The molecule has 1 N–H and O–H groups in total. The molecular formula is C24H24FN5O4. The highest BCUT2D eigenvalue weighted by Gasteiger charge is 2.20. The van der Waals surface area contributed by atoms with Gasteiger partial charge >= 0.3 is 0 Å². The van der Waals surface area contributed by atoms with E-state index >= 15 is 0 Å². The maximum Gasteiger partial charge on any atom is 0.278 e. The highest BCUT2D eigenvalue weighted by Crippen LogP contribution is 2.33. The number of oxazole rings is 1. The Bertz CT molecular complexity index is 1360. The lowest BCUT2D eigenvalue weighted by Crippen LogP contribution is -2.14. The summed E-state index contributed by atoms with van der Waals surface area (Å²) in [6.07, 6.45) is 0. The monoisotopic (exact) mass is 465 g/mol. The number of aromatic nitrogens is 4. The smallest absolute Gasteiger partial charge is 0.278 e. The van der Waals surface area contributed by atoms with E-state index in [-0.39, 0.29) is 12.2 Å². The molecule has 0 saturated heterocycles. The zero-order valence-corrected chi connectivity index (χ0v) is 19.5. The fourth-order valence-corrected chi connectivity index (χ4v) is 3.39. The number of carbonyl (C=O) groups excluding carboxylic acids is 1. The van der Waals surface area contributed by atoms with Gasteiger partial charge in [-0.25, -0.2) is 14.1 Å². The van der Waals surface area contributed by atoms with Crippen LogP contribution in [0.2, 0.25) is 0 Å². The van der Waals surface area contributed by atoms with E-state index in [1.807, 2.05) is 6.07 Å². The van der Waals surface area contributed by atoms with Crippen LogP contribution in [0.15, 0.2) is 40.8 Å². The summed E-state index contributed by atoms with van der Waals surface area (Å²) in [7, 11) is 3.14. The van der Waals surface area contributed by atoms with Gasteiger partial charge in [0.05, 0.1) is 32.0 Å². The van der Waals surface area contributed by atoms with Gasteiger partial charge in [-0.05, 0) is 50.6 Å². The second-order valence-electron chi connectivity index (χ2n) is 7.69. The lowest BCUT2D eigenvalue weighted by atomic mass is 10.2. The molecule has 2 aromatic carbocycles. The van der Waals surface area contributed by atoms with Crippen molar-refractivity contribution < 1.29 is 23.1 Å². The van der Waals surface area contributed by atoms with Crippen molar-refractivity contribution in [3.63, 3.8) is 0 Å². The molecule has 0 saturated carbocycles. The highest BCUT2D eigenvalue weighted by atomic mass is 19.1. The lowest BCUT2D eigenvalue weighted by molar-refractivity contribution is 0.102. The molecular weight excluding hydrogens is 441 g/mol. The fraction of sp³-hybridized carbons (Fsp3) is 0.250. The SMILES string of the molecule is COc1ccc(-c2nc(Cn3nnc(C(=O)Nc4ccc(C)c(F)c4)c3C)c(C)o2)c(OC)c1. The Balaban J connectivity index is 1.55. The first-order valence-corrected chi connectivity index (χ1v) is 10.5. The average molecular weight is 465 g/mol. The minimum atomic E-state index is -0.479. The van der Waals surface area contributed by atoms with Crippen molar-refractivity contribution in [1.29, 1.82) is 0 Å². The third-order valence-electron chi connectivity index (χ3n) is 5.46. The van der Waals surface area contributed by atoms with E-state index in [9.17, 15) is 9.18 Å². The number of amides is 1. The number of anilines is 1. The first kappa shape index (κ1) is 23.0. The molecule has 4 aromatic rings. The molecule has 9 nitrogen and oxygen atoms in total. The largest absolute Gasteiger partial charge is 0.497 e. The van der Waals surface area contributed by atoms with Gasteiger partial charge in [0.2, 0.25) is 5.89 Å². The van der Waals surface area contributed by atoms with Crippen LogP contribution < -0.4 is 14.8 Å². The van der Waals surface area contributed by atoms with Crippen molar-refractivity contribution in [3.05, 3.63) is 70.6 Å². The number of carbonyl (C=O) groups is 1. The number of ether oxygens (including phenoxy) is 2. The maximum atomic E-state index is 13.8. The first-order chi connectivity index (χ1) is 16.3. The number of halogens is 1. The van der Waals surface area contributed by atoms with Crippen molar-refractivity contribution in [2.75, 3.05) is 19.5 Å². The molecule has 0 aliphatic rings. The molecule has 0 unspecified atom stereocenters. The van der Waals surface area contributed by atoms with Gasteiger partial charge in [-0.2, -0.15) is 0 Å². The molecule has 0 spiro atoms. The summed E-state index contributed by atoms with van der Waals surface area (Å²) in [5, 5.41) is 10.7. The molecule has 2 aromatic heterocycles. The summed E-state index contributed by atoms with van der Waals surface area (Å²) in [5.74, 6) is 1.33. The van der Waals surface area contributed by atoms with Crippen LogP contribution in [0.25, 0.3) is 11.5 Å². The molecule has 2 heterocycles. The number of methoxy groups -OCH3 is 2. The van der Waals surface area contributed by atoms with Crippen LogP contribution >= 0.6 is 0 Å². The highest BCUT2D eigenvalue weighted by molar-refractivity contribution is 6.03. The summed E-state index contributed by atoms with van der Waals surface area (Å²) < 4.78 is 31.9. The van der Waals surface area contributed by atoms with Crippen LogP contribution in [0, 0.1) is 26.6 Å². The summed E-state index contributed by atoms with van der Waals surface area (Å²) in [6, 6.07) is 9.84. The summed E-state index contributed by atoms with van der Waals surface area (Å²) in [4.78, 5) is 17.3. The molecule has 0 radical (unpaired) electrons. The summed E-state index contributed by atoms with van der Waals surface area (Å²) in [6.45, 7) is 5.43. The molecule has 0 aliphatic heterocycles. The number of nitrogens with zero attached hydrogens (tertiary/aromatic N) is 4. The standard InChI is InChI=1S/C24H24FN5O4/c1-13-6-7-16(10-19(13)25)26-23(31)22-14(2)30(29-28-22)12-20-15(3)34-24(27-20)18-9-8-17(32-4)11-21(18)33-5/h6-11H,12H2,1-5H3,(H,26,31). The van der Waals surface area contributed by atoms with Crippen LogP contribution in [0.3, 0.4) is 0 Å². The molecule has 0 atom stereocenters. The van der Waals surface area contributed by atoms with E-state index in [2.05, 4.69) is 20.6 Å². The number of hydrogen-bond acceptors (Lipinski definition) is 7. The zero-order chi connectivity index (χ0) is 24.4. The third-order valence-corrected chi connectivity index (χ3v) is 5.46. The van der Waals surface area contributed by atoms with Crippen molar-refractivity contribution >= 4 is 11.6 Å². The van der Waals surface area contributed by atoms with Crippen LogP contribution in [-0.2, 0) is 6.54 Å². The van der Waals surface area contributed by atoms with Gasteiger partial charge in [-0.15, -0.1) is 5.10 Å². The summed E-state index contributed by atoms with van der Waals surface area (Å²) >= 11 is 0. The average Bonchev–Trinajstić information content (AvgIpc) is 3.38. The van der Waals surface area contributed by atoms with Crippen LogP contribution in [0.5, 0.6) is 11.5 Å². The van der Waals surface area contributed by atoms with Crippen molar-refractivity contribution in [2.24, 2.45) is 0 Å². The number of aryl methyl sites for hydroxylation is 2. The predicted molar refractivity (Wildman–Crippen MR) is 123 cm³/mol. The van der Waals surface area contributed by atoms with Crippen molar-refractivity contribution in [3.8, 4) is 23.0 Å². The normalized spacial score (nSPS) is 10.9. The van der Waals surface area contributed by atoms with E-state index < -0.39 is 11.7 Å². The van der Waals surface area contributed by atoms with Gasteiger partial charge < -0.3 is 19.2 Å². The quantitative estimate of drug-likeness (QED) is 0.434. The summed E-state index contributed by atoms with van der Waals surface area (Å²) in [5.41, 5.74) is 2.82. The van der Waals surface area contributed by atoms with Gasteiger partial charge in [-0.1, -0.05) is 11.3 Å². The fourth-order valence-electron chi connectivity index (χ4n) is 3.39. The Labute approximate surface area is 195 Å². The van der Waals surface area contributed by atoms with Crippen molar-refractivity contribution in [1.82, 2.24) is 20.0 Å². The number of benzene rings is 2. The number of nitrogens with one attached hydrogen (secondary N) is 1. The number of rotatable bonds is 7. The van der Waals surface area contributed by atoms with Gasteiger partial charge in [0.1, 0.15) is 28.8 Å². The Morgan fingerprint density at radius 3 is 2.62 bits per heavy atom. The number of hydrogen-bond donors (Lipinski definition) is 1. The molecule has 4 rings (SSSR count). The molecule has 0 fully saturated rings. The van der Waals surface area contributed by atoms with E-state index in [1.165, 1.54) is 6.07 Å². The van der Waals surface area contributed by atoms with Gasteiger partial charge in [0, 0.05) is 11.8 Å². The van der Waals surface area contributed by atoms with E-state index in [4.69, 9.17) is 13.9 Å². The Hall–Kier alpha value is -4.21. The molecule has 1 amide bonds. The van der Waals surface area contributed by atoms with Crippen LogP contribution in [-0.4, -0.2) is 40.1 Å². The third kappa shape index (κ3) is 4.47. The molecule has 34 heavy (non-hydrogen) atoms. The zero-order valence-electron chi connectivity index (χ0n) is 19.5. The Morgan fingerprint density at radius 1 is 1.12 bits per heavy atom. The Kier molecular flexibility index (Phi) is 6.31. The van der Waals surface area contributed by atoms with Crippen LogP contribution in [0.1, 0.15) is 33.2 Å². The van der Waals surface area contributed by atoms with E-state index in [1.54, 1.807) is 63.9 Å². The lowest BCUT2D eigenvalue weighted by Gasteiger charge is -2.07. The topological polar surface area (TPSA) is 104 Å². The molecule has 0 aliphatic carbocycles. The van der Waals surface area contributed by atoms with E-state index in [0.717, 1.165) is 0 Å². The van der Waals surface area contributed by atoms with Gasteiger partial charge in [0.15, 0.2) is 5.69 Å². The van der Waals surface area contributed by atoms with Crippen LogP contribution in [0.4, 0.5) is 10.1 Å². The predicted octanol–water partition coefficient (Wildman–Crippen LogP) is 4.32.